The highest BCUT2D eigenvalue weighted by Gasteiger charge is 2.27. The van der Waals surface area contributed by atoms with Crippen LogP contribution in [0.5, 0.6) is 0 Å². The average molecular weight is 356 g/mol. The maximum Gasteiger partial charge on any atom is 0.336 e. The van der Waals surface area contributed by atoms with Crippen molar-refractivity contribution in [3.05, 3.63) is 89.7 Å². The van der Waals surface area contributed by atoms with Crippen LogP contribution in [0, 0.1) is 12.8 Å². The normalized spacial score (nSPS) is 20.5. The van der Waals surface area contributed by atoms with Crippen LogP contribution in [0.15, 0.2) is 89.1 Å². The SMILES string of the molecule is Cc1c(NC2=CC=CC3C=C(C(=O)O)C=NC23)cccc1-c1ccccc1. The first kappa shape index (κ1) is 17.0. The molecule has 1 heterocycles. The lowest BCUT2D eigenvalue weighted by Crippen LogP contribution is -2.28. The zero-order valence-electron chi connectivity index (χ0n) is 15.0. The Balaban J connectivity index is 1.62. The number of carbonyl (C=O) groups is 1. The van der Waals surface area contributed by atoms with Crippen LogP contribution >= 0.6 is 0 Å². The maximum atomic E-state index is 11.2. The monoisotopic (exact) mass is 356 g/mol. The Bertz CT molecular complexity index is 1000. The van der Waals surface area contributed by atoms with Crippen molar-refractivity contribution < 1.29 is 9.90 Å². The van der Waals surface area contributed by atoms with E-state index in [2.05, 4.69) is 41.5 Å². The lowest BCUT2D eigenvalue weighted by Gasteiger charge is -2.28. The van der Waals surface area contributed by atoms with E-state index in [-0.39, 0.29) is 17.5 Å². The number of carboxylic acids is 1. The number of hydrogen-bond acceptors (Lipinski definition) is 3. The fraction of sp³-hybridized carbons (Fsp3) is 0.130. The van der Waals surface area contributed by atoms with Crippen LogP contribution in [-0.4, -0.2) is 23.3 Å². The summed E-state index contributed by atoms with van der Waals surface area (Å²) in [7, 11) is 0. The molecule has 4 heteroatoms. The molecule has 0 spiro atoms. The molecule has 2 N–H and O–H groups in total. The van der Waals surface area contributed by atoms with Gasteiger partial charge in [-0.05, 0) is 35.8 Å². The van der Waals surface area contributed by atoms with E-state index in [0.29, 0.717) is 0 Å². The third-order valence-electron chi connectivity index (χ3n) is 4.98. The molecule has 0 saturated carbocycles. The van der Waals surface area contributed by atoms with E-state index in [4.69, 9.17) is 0 Å². The molecular weight excluding hydrogens is 336 g/mol. The number of rotatable bonds is 4. The molecule has 0 aromatic heterocycles. The summed E-state index contributed by atoms with van der Waals surface area (Å²) in [5.74, 6) is -0.993. The van der Waals surface area contributed by atoms with Gasteiger partial charge in [0.2, 0.25) is 0 Å². The maximum absolute atomic E-state index is 11.2. The number of carboxylic acid groups (broad SMARTS) is 1. The van der Waals surface area contributed by atoms with E-state index in [0.717, 1.165) is 16.9 Å². The minimum absolute atomic E-state index is 0.0498. The van der Waals surface area contributed by atoms with Crippen LogP contribution in [-0.2, 0) is 4.79 Å². The number of aliphatic carboxylic acids is 1. The van der Waals surface area contributed by atoms with Crippen molar-refractivity contribution in [1.29, 1.82) is 0 Å². The van der Waals surface area contributed by atoms with Crippen LogP contribution in [0.3, 0.4) is 0 Å². The lowest BCUT2D eigenvalue weighted by molar-refractivity contribution is -0.132. The highest BCUT2D eigenvalue weighted by atomic mass is 16.4. The van der Waals surface area contributed by atoms with E-state index in [9.17, 15) is 9.90 Å². The number of allylic oxidation sites excluding steroid dienone is 2. The fourth-order valence-corrected chi connectivity index (χ4v) is 3.54. The third kappa shape index (κ3) is 3.34. The molecule has 2 aromatic rings. The van der Waals surface area contributed by atoms with E-state index in [1.807, 2.05) is 42.5 Å². The molecular formula is C23H20N2O2. The molecule has 1 aliphatic carbocycles. The molecule has 2 atom stereocenters. The van der Waals surface area contributed by atoms with Crippen molar-refractivity contribution in [2.75, 3.05) is 5.32 Å². The molecule has 2 aliphatic rings. The van der Waals surface area contributed by atoms with Gasteiger partial charge in [0.25, 0.3) is 0 Å². The van der Waals surface area contributed by atoms with Crippen LogP contribution < -0.4 is 5.32 Å². The first-order valence-electron chi connectivity index (χ1n) is 8.92. The van der Waals surface area contributed by atoms with Crippen molar-refractivity contribution in [3.8, 4) is 11.1 Å². The molecule has 134 valence electrons. The number of benzene rings is 2. The van der Waals surface area contributed by atoms with Gasteiger partial charge in [-0.3, -0.25) is 4.99 Å². The Hall–Kier alpha value is -3.40. The fourth-order valence-electron chi connectivity index (χ4n) is 3.54. The summed E-state index contributed by atoms with van der Waals surface area (Å²) in [5, 5.41) is 12.7. The van der Waals surface area contributed by atoms with Gasteiger partial charge in [0, 0.05) is 23.5 Å². The summed E-state index contributed by atoms with van der Waals surface area (Å²) >= 11 is 0. The Labute approximate surface area is 158 Å². The van der Waals surface area contributed by atoms with Gasteiger partial charge in [0.1, 0.15) is 0 Å². The summed E-state index contributed by atoms with van der Waals surface area (Å²) in [6, 6.07) is 16.4. The van der Waals surface area contributed by atoms with Gasteiger partial charge >= 0.3 is 5.97 Å². The number of fused-ring (bicyclic) bond motifs is 1. The van der Waals surface area contributed by atoms with E-state index < -0.39 is 5.97 Å². The zero-order valence-corrected chi connectivity index (χ0v) is 15.0. The van der Waals surface area contributed by atoms with Crippen molar-refractivity contribution in [1.82, 2.24) is 0 Å². The molecule has 4 rings (SSSR count). The molecule has 1 aliphatic heterocycles. The van der Waals surface area contributed by atoms with Gasteiger partial charge in [0.15, 0.2) is 0 Å². The Morgan fingerprint density at radius 2 is 1.93 bits per heavy atom. The number of hydrogen-bond donors (Lipinski definition) is 2. The first-order chi connectivity index (χ1) is 13.1. The summed E-state index contributed by atoms with van der Waals surface area (Å²) in [4.78, 5) is 15.7. The average Bonchev–Trinajstić information content (AvgIpc) is 2.70. The quantitative estimate of drug-likeness (QED) is 0.841. The second-order valence-corrected chi connectivity index (χ2v) is 6.70. The number of aliphatic imine (C=N–C) groups is 1. The largest absolute Gasteiger partial charge is 0.478 e. The topological polar surface area (TPSA) is 61.7 Å². The van der Waals surface area contributed by atoms with E-state index >= 15 is 0 Å². The third-order valence-corrected chi connectivity index (χ3v) is 4.98. The van der Waals surface area contributed by atoms with E-state index in [1.54, 1.807) is 6.08 Å². The molecule has 4 nitrogen and oxygen atoms in total. The van der Waals surface area contributed by atoms with Gasteiger partial charge in [-0.2, -0.15) is 0 Å². The zero-order chi connectivity index (χ0) is 18.8. The molecule has 0 fully saturated rings. The highest BCUT2D eigenvalue weighted by Crippen LogP contribution is 2.32. The molecule has 2 aromatic carbocycles. The molecule has 0 saturated heterocycles. The smallest absolute Gasteiger partial charge is 0.336 e. The number of dihydropyridines is 1. The van der Waals surface area contributed by atoms with Crippen molar-refractivity contribution in [2.24, 2.45) is 10.9 Å². The van der Waals surface area contributed by atoms with Crippen LogP contribution in [0.2, 0.25) is 0 Å². The predicted octanol–water partition coefficient (Wildman–Crippen LogP) is 4.61. The van der Waals surface area contributed by atoms with Gasteiger partial charge < -0.3 is 10.4 Å². The second-order valence-electron chi connectivity index (χ2n) is 6.70. The summed E-state index contributed by atoms with van der Waals surface area (Å²) < 4.78 is 0. The number of nitrogens with one attached hydrogen (secondary N) is 1. The first-order valence-corrected chi connectivity index (χ1v) is 8.92. The Kier molecular flexibility index (Phi) is 4.47. The summed E-state index contributed by atoms with van der Waals surface area (Å²) in [6.45, 7) is 2.11. The molecule has 2 unspecified atom stereocenters. The summed E-state index contributed by atoms with van der Waals surface area (Å²) in [5.41, 5.74) is 5.76. The van der Waals surface area contributed by atoms with E-state index in [1.165, 1.54) is 17.3 Å². The van der Waals surface area contributed by atoms with Crippen LogP contribution in [0.4, 0.5) is 5.69 Å². The van der Waals surface area contributed by atoms with Gasteiger partial charge in [-0.25, -0.2) is 4.79 Å². The van der Waals surface area contributed by atoms with Crippen molar-refractivity contribution in [2.45, 2.75) is 13.0 Å². The minimum atomic E-state index is -0.943. The minimum Gasteiger partial charge on any atom is -0.478 e. The molecule has 27 heavy (non-hydrogen) atoms. The number of nitrogens with zero attached hydrogens (tertiary/aromatic N) is 1. The Morgan fingerprint density at radius 3 is 2.70 bits per heavy atom. The standard InChI is InChI=1S/C23H20N2O2/c1-15-19(16-7-3-2-4-8-16)10-6-11-20(15)25-21-12-5-9-17-13-18(23(26)27)14-24-22(17)21/h2-14,17,22,25H,1H3,(H,26,27). The predicted molar refractivity (Wildman–Crippen MR) is 109 cm³/mol. The van der Waals surface area contributed by atoms with Crippen molar-refractivity contribution >= 4 is 17.9 Å². The molecule has 0 bridgehead atoms. The number of anilines is 1. The van der Waals surface area contributed by atoms with Crippen LogP contribution in [0.25, 0.3) is 11.1 Å². The molecule has 0 amide bonds. The van der Waals surface area contributed by atoms with Gasteiger partial charge in [0.05, 0.1) is 11.6 Å². The van der Waals surface area contributed by atoms with Gasteiger partial charge in [-0.1, -0.05) is 60.7 Å². The highest BCUT2D eigenvalue weighted by molar-refractivity contribution is 6.09. The molecule has 0 radical (unpaired) electrons. The summed E-state index contributed by atoms with van der Waals surface area (Å²) in [6.07, 6.45) is 9.16. The van der Waals surface area contributed by atoms with Crippen LogP contribution in [0.1, 0.15) is 5.56 Å². The Morgan fingerprint density at radius 1 is 1.11 bits per heavy atom. The van der Waals surface area contributed by atoms with Gasteiger partial charge in [-0.15, -0.1) is 0 Å². The lowest BCUT2D eigenvalue weighted by atomic mass is 9.88. The second kappa shape index (κ2) is 7.08. The van der Waals surface area contributed by atoms with Crippen molar-refractivity contribution in [3.63, 3.8) is 0 Å².